The maximum Gasteiger partial charge on any atom is 0.134 e. The van der Waals surface area contributed by atoms with Crippen LogP contribution in [0.3, 0.4) is 0 Å². The van der Waals surface area contributed by atoms with Crippen LogP contribution in [0.4, 0.5) is 0 Å². The van der Waals surface area contributed by atoms with Crippen molar-refractivity contribution >= 4 is 27.3 Å². The SMILES string of the molecule is CNCc1cc(COc2ccc(OC)cc2Br)c(C)s1. The molecule has 0 radical (unpaired) electrons. The first-order valence-electron chi connectivity index (χ1n) is 6.33. The van der Waals surface area contributed by atoms with E-state index in [0.717, 1.165) is 22.5 Å². The van der Waals surface area contributed by atoms with Gasteiger partial charge in [0.1, 0.15) is 18.1 Å². The lowest BCUT2D eigenvalue weighted by Crippen LogP contribution is -2.02. The monoisotopic (exact) mass is 355 g/mol. The van der Waals surface area contributed by atoms with Crippen LogP contribution < -0.4 is 14.8 Å². The molecule has 0 saturated heterocycles. The minimum Gasteiger partial charge on any atom is -0.497 e. The highest BCUT2D eigenvalue weighted by atomic mass is 79.9. The average Bonchev–Trinajstić information content (AvgIpc) is 2.78. The van der Waals surface area contributed by atoms with Gasteiger partial charge in [-0.1, -0.05) is 0 Å². The Morgan fingerprint density at radius 3 is 2.75 bits per heavy atom. The van der Waals surface area contributed by atoms with Crippen molar-refractivity contribution in [2.75, 3.05) is 14.2 Å². The summed E-state index contributed by atoms with van der Waals surface area (Å²) in [5, 5.41) is 3.17. The van der Waals surface area contributed by atoms with Crippen LogP contribution in [-0.2, 0) is 13.2 Å². The van der Waals surface area contributed by atoms with Gasteiger partial charge in [0.15, 0.2) is 0 Å². The first-order valence-corrected chi connectivity index (χ1v) is 7.94. The largest absolute Gasteiger partial charge is 0.497 e. The lowest BCUT2D eigenvalue weighted by molar-refractivity contribution is 0.303. The van der Waals surface area contributed by atoms with Crippen molar-refractivity contribution in [3.05, 3.63) is 44.1 Å². The number of rotatable bonds is 6. The fraction of sp³-hybridized carbons (Fsp3) is 0.333. The van der Waals surface area contributed by atoms with E-state index in [1.165, 1.54) is 15.3 Å². The molecule has 5 heteroatoms. The summed E-state index contributed by atoms with van der Waals surface area (Å²) in [6.07, 6.45) is 0. The Morgan fingerprint density at radius 1 is 1.30 bits per heavy atom. The van der Waals surface area contributed by atoms with Gasteiger partial charge >= 0.3 is 0 Å². The maximum atomic E-state index is 5.88. The van der Waals surface area contributed by atoms with Gasteiger partial charge in [-0.15, -0.1) is 11.3 Å². The van der Waals surface area contributed by atoms with E-state index < -0.39 is 0 Å². The number of methoxy groups -OCH3 is 1. The highest BCUT2D eigenvalue weighted by Gasteiger charge is 2.08. The Morgan fingerprint density at radius 2 is 2.10 bits per heavy atom. The van der Waals surface area contributed by atoms with Gasteiger partial charge in [0.05, 0.1) is 11.6 Å². The second-order valence-electron chi connectivity index (χ2n) is 4.41. The zero-order valence-electron chi connectivity index (χ0n) is 11.8. The third kappa shape index (κ3) is 3.75. The number of ether oxygens (including phenoxy) is 2. The maximum absolute atomic E-state index is 5.88. The van der Waals surface area contributed by atoms with Crippen molar-refractivity contribution in [2.45, 2.75) is 20.1 Å². The van der Waals surface area contributed by atoms with Gasteiger partial charge in [0.2, 0.25) is 0 Å². The van der Waals surface area contributed by atoms with Gasteiger partial charge in [-0.2, -0.15) is 0 Å². The van der Waals surface area contributed by atoms with Crippen LogP contribution in [0.15, 0.2) is 28.7 Å². The number of benzene rings is 1. The van der Waals surface area contributed by atoms with Crippen molar-refractivity contribution in [1.29, 1.82) is 0 Å². The van der Waals surface area contributed by atoms with E-state index in [1.54, 1.807) is 7.11 Å². The molecule has 3 nitrogen and oxygen atoms in total. The molecule has 0 saturated carbocycles. The fourth-order valence-corrected chi connectivity index (χ4v) is 3.41. The van der Waals surface area contributed by atoms with Crippen molar-refractivity contribution in [3.8, 4) is 11.5 Å². The highest BCUT2D eigenvalue weighted by Crippen LogP contribution is 2.30. The zero-order chi connectivity index (χ0) is 14.5. The van der Waals surface area contributed by atoms with Crippen molar-refractivity contribution in [1.82, 2.24) is 5.32 Å². The minimum atomic E-state index is 0.580. The fourth-order valence-electron chi connectivity index (χ4n) is 1.87. The lowest BCUT2D eigenvalue weighted by Gasteiger charge is -2.09. The topological polar surface area (TPSA) is 30.5 Å². The van der Waals surface area contributed by atoms with Gasteiger partial charge in [-0.05, 0) is 54.2 Å². The molecule has 1 heterocycles. The first-order chi connectivity index (χ1) is 9.63. The quantitative estimate of drug-likeness (QED) is 0.844. The third-order valence-corrected chi connectivity index (χ3v) is 4.66. The van der Waals surface area contributed by atoms with E-state index in [4.69, 9.17) is 9.47 Å². The van der Waals surface area contributed by atoms with E-state index in [2.05, 4.69) is 34.2 Å². The predicted molar refractivity (Wildman–Crippen MR) is 86.8 cm³/mol. The summed E-state index contributed by atoms with van der Waals surface area (Å²) in [4.78, 5) is 2.64. The molecule has 0 unspecified atom stereocenters. The Bertz CT molecular complexity index is 583. The summed E-state index contributed by atoms with van der Waals surface area (Å²) in [6, 6.07) is 7.92. The van der Waals surface area contributed by atoms with Crippen LogP contribution in [0, 0.1) is 6.92 Å². The molecule has 0 aliphatic carbocycles. The number of aryl methyl sites for hydroxylation is 1. The minimum absolute atomic E-state index is 0.580. The van der Waals surface area contributed by atoms with Crippen LogP contribution >= 0.6 is 27.3 Å². The van der Waals surface area contributed by atoms with E-state index in [1.807, 2.05) is 36.6 Å². The van der Waals surface area contributed by atoms with Gasteiger partial charge in [0.25, 0.3) is 0 Å². The lowest BCUT2D eigenvalue weighted by atomic mass is 10.2. The standard InChI is InChI=1S/C15H18BrNO2S/c1-10-11(6-13(20-10)8-17-2)9-19-15-5-4-12(18-3)7-14(15)16/h4-7,17H,8-9H2,1-3H3. The van der Waals surface area contributed by atoms with Crippen LogP contribution in [-0.4, -0.2) is 14.2 Å². The Kier molecular flexibility index (Phi) is 5.46. The molecule has 0 aliphatic rings. The number of nitrogens with one attached hydrogen (secondary N) is 1. The molecule has 0 spiro atoms. The highest BCUT2D eigenvalue weighted by molar-refractivity contribution is 9.10. The summed E-state index contributed by atoms with van der Waals surface area (Å²) in [6.45, 7) is 3.61. The summed E-state index contributed by atoms with van der Waals surface area (Å²) in [5.74, 6) is 1.64. The molecule has 1 N–H and O–H groups in total. The molecular weight excluding hydrogens is 338 g/mol. The molecule has 108 valence electrons. The molecule has 20 heavy (non-hydrogen) atoms. The first kappa shape index (κ1) is 15.4. The van der Waals surface area contributed by atoms with Crippen molar-refractivity contribution in [2.24, 2.45) is 0 Å². The van der Waals surface area contributed by atoms with Crippen molar-refractivity contribution < 1.29 is 9.47 Å². The Balaban J connectivity index is 2.05. The molecule has 1 aromatic heterocycles. The Hall–Kier alpha value is -1.04. The van der Waals surface area contributed by atoms with Gasteiger partial charge in [-0.3, -0.25) is 0 Å². The van der Waals surface area contributed by atoms with Crippen LogP contribution in [0.5, 0.6) is 11.5 Å². The second kappa shape index (κ2) is 7.11. The van der Waals surface area contributed by atoms with Crippen LogP contribution in [0.2, 0.25) is 0 Å². The van der Waals surface area contributed by atoms with Crippen LogP contribution in [0.25, 0.3) is 0 Å². The Labute approximate surface area is 132 Å². The molecule has 0 atom stereocenters. The summed E-state index contributed by atoms with van der Waals surface area (Å²) < 4.78 is 12.0. The van der Waals surface area contributed by atoms with Gasteiger partial charge in [-0.25, -0.2) is 0 Å². The van der Waals surface area contributed by atoms with Gasteiger partial charge < -0.3 is 14.8 Å². The molecular formula is C15H18BrNO2S. The second-order valence-corrected chi connectivity index (χ2v) is 6.60. The summed E-state index contributed by atoms with van der Waals surface area (Å²) in [5.41, 5.74) is 1.24. The molecule has 0 aliphatic heterocycles. The average molecular weight is 356 g/mol. The number of thiophene rings is 1. The summed E-state index contributed by atoms with van der Waals surface area (Å²) in [7, 11) is 3.61. The predicted octanol–water partition coefficient (Wildman–Crippen LogP) is 4.13. The number of hydrogen-bond acceptors (Lipinski definition) is 4. The third-order valence-electron chi connectivity index (χ3n) is 2.94. The zero-order valence-corrected chi connectivity index (χ0v) is 14.2. The van der Waals surface area contributed by atoms with E-state index >= 15 is 0 Å². The van der Waals surface area contributed by atoms with E-state index in [-0.39, 0.29) is 0 Å². The molecule has 0 fully saturated rings. The molecule has 1 aromatic carbocycles. The van der Waals surface area contributed by atoms with E-state index in [0.29, 0.717) is 6.61 Å². The van der Waals surface area contributed by atoms with Crippen molar-refractivity contribution in [3.63, 3.8) is 0 Å². The summed E-state index contributed by atoms with van der Waals surface area (Å²) >= 11 is 5.31. The molecule has 0 bridgehead atoms. The van der Waals surface area contributed by atoms with Gasteiger partial charge in [0, 0.05) is 21.9 Å². The van der Waals surface area contributed by atoms with Crippen LogP contribution in [0.1, 0.15) is 15.3 Å². The normalized spacial score (nSPS) is 10.6. The molecule has 0 amide bonds. The smallest absolute Gasteiger partial charge is 0.134 e. The molecule has 2 aromatic rings. The number of halogens is 1. The van der Waals surface area contributed by atoms with E-state index in [9.17, 15) is 0 Å². The molecule has 2 rings (SSSR count). The number of hydrogen-bond donors (Lipinski definition) is 1.